The lowest BCUT2D eigenvalue weighted by atomic mass is 9.45. The molecule has 29 heavy (non-hydrogen) atoms. The fourth-order valence-corrected chi connectivity index (χ4v) is 10.6. The van der Waals surface area contributed by atoms with Gasteiger partial charge >= 0.3 is 0 Å². The average molecular weight is 401 g/mol. The molecule has 1 nitrogen and oxygen atoms in total. The summed E-state index contributed by atoms with van der Waals surface area (Å²) < 4.78 is 6.30. The molecule has 5 aliphatic carbocycles. The van der Waals surface area contributed by atoms with Crippen LogP contribution >= 0.6 is 0 Å². The van der Waals surface area contributed by atoms with E-state index in [-0.39, 0.29) is 0 Å². The third-order valence-electron chi connectivity index (χ3n) is 12.0. The Hall–Kier alpha value is -0.0400. The van der Waals surface area contributed by atoms with Crippen molar-refractivity contribution < 1.29 is 4.74 Å². The van der Waals surface area contributed by atoms with Crippen LogP contribution < -0.4 is 0 Å². The standard InChI is InChI=1S/C28H48O/c1-18(2)8-7-9-19(3)22-10-11-23-21-16-25(29-6)28-17-20(28)12-15-27(28,5)24(21)13-14-26(22,23)4/h18-25H,7-17H2,1-6H3/t19-,20+,21+,22-,23+,24+,25-,26-,27-,28-/m1/s1. The third-order valence-corrected chi connectivity index (χ3v) is 12.0. The highest BCUT2D eigenvalue weighted by atomic mass is 16.5. The van der Waals surface area contributed by atoms with Crippen LogP contribution in [-0.4, -0.2) is 13.2 Å². The maximum Gasteiger partial charge on any atom is 0.0638 e. The minimum absolute atomic E-state index is 0.561. The number of rotatable bonds is 6. The predicted molar refractivity (Wildman–Crippen MR) is 122 cm³/mol. The number of ether oxygens (including phenoxy) is 1. The zero-order chi connectivity index (χ0) is 20.6. The Morgan fingerprint density at radius 2 is 1.72 bits per heavy atom. The van der Waals surface area contributed by atoms with Gasteiger partial charge in [-0.3, -0.25) is 0 Å². The second-order valence-corrected chi connectivity index (χ2v) is 13.3. The average Bonchev–Trinajstić information content (AvgIpc) is 3.18. The highest BCUT2D eigenvalue weighted by Gasteiger charge is 2.77. The molecule has 5 fully saturated rings. The highest BCUT2D eigenvalue weighted by molar-refractivity contribution is 5.26. The normalized spacial score (nSPS) is 53.9. The van der Waals surface area contributed by atoms with Gasteiger partial charge < -0.3 is 4.74 Å². The molecule has 0 amide bonds. The fraction of sp³-hybridized carbons (Fsp3) is 1.00. The van der Waals surface area contributed by atoms with Gasteiger partial charge in [-0.25, -0.2) is 0 Å². The van der Waals surface area contributed by atoms with E-state index in [0.717, 1.165) is 41.4 Å². The number of methoxy groups -OCH3 is 1. The van der Waals surface area contributed by atoms with Crippen molar-refractivity contribution in [1.82, 2.24) is 0 Å². The summed E-state index contributed by atoms with van der Waals surface area (Å²) in [5.74, 6) is 6.68. The van der Waals surface area contributed by atoms with Gasteiger partial charge in [0.1, 0.15) is 0 Å². The lowest BCUT2D eigenvalue weighted by Crippen LogP contribution is -2.57. The quantitative estimate of drug-likeness (QED) is 0.443. The molecule has 0 unspecified atom stereocenters. The molecular formula is C28H48O. The smallest absolute Gasteiger partial charge is 0.0638 e. The van der Waals surface area contributed by atoms with E-state index in [9.17, 15) is 0 Å². The zero-order valence-electron chi connectivity index (χ0n) is 20.3. The molecule has 0 aliphatic heterocycles. The predicted octanol–water partition coefficient (Wildman–Crippen LogP) is 7.73. The topological polar surface area (TPSA) is 9.23 Å². The minimum Gasteiger partial charge on any atom is -0.381 e. The second kappa shape index (κ2) is 6.98. The van der Waals surface area contributed by atoms with Gasteiger partial charge in [0.05, 0.1) is 6.10 Å². The summed E-state index contributed by atoms with van der Waals surface area (Å²) in [6.07, 6.45) is 16.8. The SMILES string of the molecule is CO[C@@H]1C[C@H]2[C@@H]3CC[C@H]([C@H](C)CCCC(C)C)[C@@]3(C)CC[C@@H]2[C@@]2(C)CC[C@H]3C[C@@]312. The monoisotopic (exact) mass is 400 g/mol. The third kappa shape index (κ3) is 2.74. The minimum atomic E-state index is 0.561. The maximum atomic E-state index is 6.30. The Kier molecular flexibility index (Phi) is 5.02. The molecule has 1 heteroatoms. The molecule has 0 N–H and O–H groups in total. The summed E-state index contributed by atoms with van der Waals surface area (Å²) in [6, 6.07) is 0. The molecule has 0 aromatic heterocycles. The van der Waals surface area contributed by atoms with E-state index < -0.39 is 0 Å². The van der Waals surface area contributed by atoms with E-state index in [1.807, 2.05) is 7.11 Å². The molecular weight excluding hydrogens is 352 g/mol. The van der Waals surface area contributed by atoms with E-state index >= 15 is 0 Å². The maximum absolute atomic E-state index is 6.30. The van der Waals surface area contributed by atoms with Crippen molar-refractivity contribution in [3.05, 3.63) is 0 Å². The molecule has 166 valence electrons. The Labute approximate surface area is 181 Å². The van der Waals surface area contributed by atoms with Crippen LogP contribution in [0.25, 0.3) is 0 Å². The van der Waals surface area contributed by atoms with Gasteiger partial charge in [0.25, 0.3) is 0 Å². The molecule has 0 heterocycles. The van der Waals surface area contributed by atoms with Crippen LogP contribution in [0.15, 0.2) is 0 Å². The van der Waals surface area contributed by atoms with Crippen molar-refractivity contribution in [2.75, 3.05) is 7.11 Å². The number of hydrogen-bond acceptors (Lipinski definition) is 1. The van der Waals surface area contributed by atoms with E-state index in [2.05, 4.69) is 34.6 Å². The van der Waals surface area contributed by atoms with E-state index in [0.29, 0.717) is 22.3 Å². The van der Waals surface area contributed by atoms with Gasteiger partial charge in [0, 0.05) is 12.5 Å². The van der Waals surface area contributed by atoms with Crippen molar-refractivity contribution in [3.8, 4) is 0 Å². The van der Waals surface area contributed by atoms with Crippen molar-refractivity contribution in [1.29, 1.82) is 0 Å². The van der Waals surface area contributed by atoms with Crippen LogP contribution in [0, 0.1) is 57.7 Å². The molecule has 0 bridgehead atoms. The summed E-state index contributed by atoms with van der Waals surface area (Å²) in [6.45, 7) is 12.8. The Morgan fingerprint density at radius 3 is 2.41 bits per heavy atom. The molecule has 5 saturated carbocycles. The fourth-order valence-electron chi connectivity index (χ4n) is 10.6. The van der Waals surface area contributed by atoms with E-state index in [4.69, 9.17) is 4.74 Å². The first-order valence-electron chi connectivity index (χ1n) is 13.3. The van der Waals surface area contributed by atoms with Gasteiger partial charge in [0.15, 0.2) is 0 Å². The summed E-state index contributed by atoms with van der Waals surface area (Å²) in [5, 5.41) is 0. The number of hydrogen-bond donors (Lipinski definition) is 0. The highest BCUT2D eigenvalue weighted by Crippen LogP contribution is 2.82. The van der Waals surface area contributed by atoms with Gasteiger partial charge in [-0.2, -0.15) is 0 Å². The Balaban J connectivity index is 1.35. The molecule has 0 aromatic carbocycles. The number of fused-ring (bicyclic) bond motifs is 4. The van der Waals surface area contributed by atoms with Crippen LogP contribution in [0.4, 0.5) is 0 Å². The molecule has 0 aromatic rings. The summed E-state index contributed by atoms with van der Waals surface area (Å²) >= 11 is 0. The van der Waals surface area contributed by atoms with Crippen molar-refractivity contribution in [2.24, 2.45) is 57.7 Å². The second-order valence-electron chi connectivity index (χ2n) is 13.3. The molecule has 10 atom stereocenters. The van der Waals surface area contributed by atoms with Crippen LogP contribution in [0.3, 0.4) is 0 Å². The lowest BCUT2D eigenvalue weighted by molar-refractivity contribution is -0.161. The lowest BCUT2D eigenvalue weighted by Gasteiger charge is -2.61. The van der Waals surface area contributed by atoms with Gasteiger partial charge in [-0.05, 0) is 104 Å². The first kappa shape index (κ1) is 20.8. The summed E-state index contributed by atoms with van der Waals surface area (Å²) in [4.78, 5) is 0. The van der Waals surface area contributed by atoms with Crippen LogP contribution in [0.5, 0.6) is 0 Å². The van der Waals surface area contributed by atoms with Crippen LogP contribution in [0.2, 0.25) is 0 Å². The molecule has 1 spiro atoms. The largest absolute Gasteiger partial charge is 0.381 e. The van der Waals surface area contributed by atoms with Crippen molar-refractivity contribution >= 4 is 0 Å². The van der Waals surface area contributed by atoms with Gasteiger partial charge in [0.2, 0.25) is 0 Å². The molecule has 5 rings (SSSR count). The van der Waals surface area contributed by atoms with E-state index in [1.54, 1.807) is 0 Å². The van der Waals surface area contributed by atoms with Crippen LogP contribution in [0.1, 0.15) is 105 Å². The Bertz CT molecular complexity index is 626. The van der Waals surface area contributed by atoms with Gasteiger partial charge in [-0.1, -0.05) is 53.9 Å². The first-order valence-corrected chi connectivity index (χ1v) is 13.3. The summed E-state index contributed by atoms with van der Waals surface area (Å²) in [5.41, 5.74) is 1.78. The first-order chi connectivity index (χ1) is 13.8. The van der Waals surface area contributed by atoms with Crippen molar-refractivity contribution in [2.45, 2.75) is 111 Å². The molecule has 0 radical (unpaired) electrons. The van der Waals surface area contributed by atoms with E-state index in [1.165, 1.54) is 70.6 Å². The molecule has 5 aliphatic rings. The summed E-state index contributed by atoms with van der Waals surface area (Å²) in [7, 11) is 2.03. The molecule has 0 saturated heterocycles. The van der Waals surface area contributed by atoms with Gasteiger partial charge in [-0.15, -0.1) is 0 Å². The Morgan fingerprint density at radius 1 is 0.931 bits per heavy atom. The van der Waals surface area contributed by atoms with Crippen LogP contribution in [-0.2, 0) is 4.74 Å². The zero-order valence-corrected chi connectivity index (χ0v) is 20.3. The van der Waals surface area contributed by atoms with Crippen molar-refractivity contribution in [3.63, 3.8) is 0 Å².